The van der Waals surface area contributed by atoms with Crippen molar-refractivity contribution in [3.63, 3.8) is 0 Å². The van der Waals surface area contributed by atoms with Gasteiger partial charge in [-0.05, 0) is 56.7 Å². The van der Waals surface area contributed by atoms with Gasteiger partial charge in [0.2, 0.25) is 0 Å². The Balaban J connectivity index is 1.62. The number of hydrogen-bond acceptors (Lipinski definition) is 6. The van der Waals surface area contributed by atoms with Crippen LogP contribution in [0.15, 0.2) is 87.8 Å². The van der Waals surface area contributed by atoms with Crippen LogP contribution in [0.25, 0.3) is 6.08 Å². The Hall–Kier alpha value is -4.01. The topological polar surface area (TPSA) is 69.9 Å². The number of ether oxygens (including phenoxy) is 2. The Kier molecular flexibility index (Phi) is 8.00. The van der Waals surface area contributed by atoms with Crippen molar-refractivity contribution >= 4 is 35.0 Å². The van der Waals surface area contributed by atoms with Crippen LogP contribution in [-0.2, 0) is 16.1 Å². The van der Waals surface area contributed by atoms with Gasteiger partial charge in [0.05, 0.1) is 28.5 Å². The van der Waals surface area contributed by atoms with Gasteiger partial charge < -0.3 is 9.47 Å². The quantitative estimate of drug-likeness (QED) is 0.273. The fraction of sp³-hybridized carbons (Fsp3) is 0.194. The maximum Gasteiger partial charge on any atom is 0.338 e. The van der Waals surface area contributed by atoms with Gasteiger partial charge in [0.15, 0.2) is 4.80 Å². The molecule has 1 atom stereocenters. The lowest BCUT2D eigenvalue weighted by Crippen LogP contribution is -2.39. The zero-order valence-corrected chi connectivity index (χ0v) is 23.7. The minimum Gasteiger partial charge on any atom is -0.488 e. The minimum absolute atomic E-state index is 0.00587. The summed E-state index contributed by atoms with van der Waals surface area (Å²) in [6.45, 7) is 5.66. The van der Waals surface area contributed by atoms with Gasteiger partial charge in [-0.1, -0.05) is 71.0 Å². The van der Waals surface area contributed by atoms with Gasteiger partial charge in [-0.15, -0.1) is 0 Å². The van der Waals surface area contributed by atoms with Crippen molar-refractivity contribution in [3.8, 4) is 5.75 Å². The Morgan fingerprint density at radius 2 is 1.88 bits per heavy atom. The molecule has 4 aromatic rings. The second kappa shape index (κ2) is 11.6. The first-order valence-electron chi connectivity index (χ1n) is 12.7. The van der Waals surface area contributed by atoms with E-state index >= 15 is 0 Å². The molecule has 5 rings (SSSR count). The number of carbonyl (C=O) groups excluding carboxylic acids is 1. The van der Waals surface area contributed by atoms with Crippen LogP contribution in [0.5, 0.6) is 5.75 Å². The number of benzene rings is 3. The lowest BCUT2D eigenvalue weighted by Gasteiger charge is -2.24. The zero-order chi connectivity index (χ0) is 28.4. The molecular formula is C31H26ClFN2O4S. The summed E-state index contributed by atoms with van der Waals surface area (Å²) in [5, 5.41) is 0.454. The molecule has 0 bridgehead atoms. The minimum atomic E-state index is -0.700. The number of aryl methyl sites for hydroxylation is 1. The number of nitrogens with zero attached hydrogens (tertiary/aromatic N) is 2. The van der Waals surface area contributed by atoms with E-state index in [4.69, 9.17) is 21.1 Å². The van der Waals surface area contributed by atoms with E-state index in [2.05, 4.69) is 4.99 Å². The largest absolute Gasteiger partial charge is 0.488 e. The van der Waals surface area contributed by atoms with Crippen LogP contribution in [0.2, 0.25) is 5.02 Å². The summed E-state index contributed by atoms with van der Waals surface area (Å²) in [4.78, 5) is 32.0. The molecular weight excluding hydrogens is 551 g/mol. The van der Waals surface area contributed by atoms with E-state index in [0.717, 1.165) is 11.1 Å². The highest BCUT2D eigenvalue weighted by Gasteiger charge is 2.33. The second-order valence-electron chi connectivity index (χ2n) is 9.28. The summed E-state index contributed by atoms with van der Waals surface area (Å²) in [5.74, 6) is -0.436. The summed E-state index contributed by atoms with van der Waals surface area (Å²) < 4.78 is 27.4. The summed E-state index contributed by atoms with van der Waals surface area (Å²) in [5.41, 5.74) is 3.29. The van der Waals surface area contributed by atoms with Crippen molar-refractivity contribution in [2.45, 2.75) is 33.4 Å². The van der Waals surface area contributed by atoms with Crippen molar-refractivity contribution in [3.05, 3.63) is 131 Å². The standard InChI is InChI=1S/C31H26ClFN2O4S/c1-4-38-30(37)27-19(3)34-31-35(28(27)20-11-9-18(2)10-12-20)29(36)26(40-31)16-22-15-23(32)13-14-25(22)39-17-21-7-5-6-8-24(21)33/h5-16,28H,4,17H2,1-3H3/b26-16-/t28-/m0/s1. The number of aromatic nitrogens is 1. The average Bonchev–Trinajstić information content (AvgIpc) is 3.23. The van der Waals surface area contributed by atoms with Gasteiger partial charge in [-0.25, -0.2) is 14.2 Å². The van der Waals surface area contributed by atoms with Crippen molar-refractivity contribution in [2.75, 3.05) is 6.61 Å². The Morgan fingerprint density at radius 3 is 2.60 bits per heavy atom. The first-order valence-corrected chi connectivity index (χ1v) is 13.9. The summed E-state index contributed by atoms with van der Waals surface area (Å²) in [7, 11) is 0. The number of rotatable bonds is 7. The number of esters is 1. The van der Waals surface area contributed by atoms with Gasteiger partial charge in [0, 0.05) is 16.1 Å². The van der Waals surface area contributed by atoms with Gasteiger partial charge in [-0.3, -0.25) is 9.36 Å². The molecule has 2 heterocycles. The molecule has 0 saturated carbocycles. The predicted molar refractivity (Wildman–Crippen MR) is 154 cm³/mol. The van der Waals surface area contributed by atoms with E-state index in [0.29, 0.717) is 42.5 Å². The first kappa shape index (κ1) is 27.6. The van der Waals surface area contributed by atoms with E-state index in [1.54, 1.807) is 56.3 Å². The maximum absolute atomic E-state index is 14.2. The highest BCUT2D eigenvalue weighted by molar-refractivity contribution is 7.07. The molecule has 0 aliphatic carbocycles. The molecule has 0 saturated heterocycles. The normalized spacial score (nSPS) is 15.0. The third-order valence-electron chi connectivity index (χ3n) is 6.51. The molecule has 204 valence electrons. The third kappa shape index (κ3) is 5.50. The van der Waals surface area contributed by atoms with Crippen molar-refractivity contribution in [1.29, 1.82) is 0 Å². The van der Waals surface area contributed by atoms with Gasteiger partial charge in [0.1, 0.15) is 18.2 Å². The molecule has 0 fully saturated rings. The molecule has 3 aromatic carbocycles. The lowest BCUT2D eigenvalue weighted by molar-refractivity contribution is -0.139. The highest BCUT2D eigenvalue weighted by atomic mass is 35.5. The van der Waals surface area contributed by atoms with Crippen molar-refractivity contribution in [1.82, 2.24) is 4.57 Å². The summed E-state index contributed by atoms with van der Waals surface area (Å²) >= 11 is 7.50. The SMILES string of the molecule is CCOC(=O)C1=C(C)N=c2s/c(=C\c3cc(Cl)ccc3OCc3ccccc3F)c(=O)n2[C@H]1c1ccc(C)cc1. The number of fused-ring (bicyclic) bond motifs is 1. The summed E-state index contributed by atoms with van der Waals surface area (Å²) in [6.07, 6.45) is 1.68. The van der Waals surface area contributed by atoms with E-state index in [-0.39, 0.29) is 24.6 Å². The molecule has 40 heavy (non-hydrogen) atoms. The van der Waals surface area contributed by atoms with Gasteiger partial charge >= 0.3 is 5.97 Å². The zero-order valence-electron chi connectivity index (χ0n) is 22.1. The molecule has 0 amide bonds. The highest BCUT2D eigenvalue weighted by Crippen LogP contribution is 2.31. The number of hydrogen-bond donors (Lipinski definition) is 0. The second-order valence-corrected chi connectivity index (χ2v) is 10.7. The molecule has 0 radical (unpaired) electrons. The third-order valence-corrected chi connectivity index (χ3v) is 7.73. The molecule has 9 heteroatoms. The smallest absolute Gasteiger partial charge is 0.338 e. The molecule has 0 unspecified atom stereocenters. The fourth-order valence-corrected chi connectivity index (χ4v) is 5.75. The van der Waals surface area contributed by atoms with E-state index in [9.17, 15) is 14.0 Å². The maximum atomic E-state index is 14.2. The summed E-state index contributed by atoms with van der Waals surface area (Å²) in [6, 6.07) is 18.4. The van der Waals surface area contributed by atoms with Crippen molar-refractivity contribution in [2.24, 2.45) is 4.99 Å². The van der Waals surface area contributed by atoms with Gasteiger partial charge in [0.25, 0.3) is 5.56 Å². The monoisotopic (exact) mass is 576 g/mol. The van der Waals surface area contributed by atoms with Crippen LogP contribution < -0.4 is 19.6 Å². The fourth-order valence-electron chi connectivity index (χ4n) is 4.53. The number of allylic oxidation sites excluding steroid dienone is 1. The lowest BCUT2D eigenvalue weighted by atomic mass is 9.95. The molecule has 6 nitrogen and oxygen atoms in total. The number of carbonyl (C=O) groups is 1. The van der Waals surface area contributed by atoms with Crippen LogP contribution in [0, 0.1) is 12.7 Å². The van der Waals surface area contributed by atoms with Crippen LogP contribution in [0.1, 0.15) is 42.1 Å². The molecule has 1 aliphatic rings. The average molecular weight is 577 g/mol. The van der Waals surface area contributed by atoms with Crippen molar-refractivity contribution < 1.29 is 18.7 Å². The predicted octanol–water partition coefficient (Wildman–Crippen LogP) is 5.48. The molecule has 1 aliphatic heterocycles. The number of thiazole rings is 1. The van der Waals surface area contributed by atoms with E-state index in [1.165, 1.54) is 22.0 Å². The first-order chi connectivity index (χ1) is 19.3. The Labute approximate surface area is 239 Å². The number of halogens is 2. The van der Waals surface area contributed by atoms with Crippen LogP contribution in [0.4, 0.5) is 4.39 Å². The van der Waals surface area contributed by atoms with Crippen LogP contribution in [0.3, 0.4) is 0 Å². The van der Waals surface area contributed by atoms with E-state index < -0.39 is 12.0 Å². The van der Waals surface area contributed by atoms with Gasteiger partial charge in [-0.2, -0.15) is 0 Å². The molecule has 0 spiro atoms. The van der Waals surface area contributed by atoms with E-state index in [1.807, 2.05) is 31.2 Å². The Morgan fingerprint density at radius 1 is 1.12 bits per heavy atom. The van der Waals surface area contributed by atoms with Crippen LogP contribution in [-0.4, -0.2) is 17.1 Å². The molecule has 0 N–H and O–H groups in total. The Bertz CT molecular complexity index is 1810. The molecule has 1 aromatic heterocycles. The van der Waals surface area contributed by atoms with Crippen LogP contribution >= 0.6 is 22.9 Å².